The molecule has 1 saturated heterocycles. The van der Waals surface area contributed by atoms with E-state index in [0.29, 0.717) is 18.5 Å². The molecular formula is C16H26N2O2. The smallest absolute Gasteiger partial charge is 0.118 e. The van der Waals surface area contributed by atoms with Gasteiger partial charge in [-0.05, 0) is 43.6 Å². The second-order valence-corrected chi connectivity index (χ2v) is 5.83. The molecule has 4 nitrogen and oxygen atoms in total. The van der Waals surface area contributed by atoms with Gasteiger partial charge in [0.05, 0.1) is 13.2 Å². The van der Waals surface area contributed by atoms with Gasteiger partial charge in [0.1, 0.15) is 5.75 Å². The molecule has 1 fully saturated rings. The molecule has 1 heterocycles. The predicted octanol–water partition coefficient (Wildman–Crippen LogP) is 1.66. The highest BCUT2D eigenvalue weighted by atomic mass is 16.5. The van der Waals surface area contributed by atoms with Crippen molar-refractivity contribution in [1.29, 1.82) is 0 Å². The van der Waals surface area contributed by atoms with Crippen LogP contribution in [0.25, 0.3) is 0 Å². The summed E-state index contributed by atoms with van der Waals surface area (Å²) < 4.78 is 5.13. The lowest BCUT2D eigenvalue weighted by atomic mass is 9.94. The van der Waals surface area contributed by atoms with E-state index in [1.54, 1.807) is 7.11 Å². The first kappa shape index (κ1) is 15.3. The lowest BCUT2D eigenvalue weighted by molar-refractivity contribution is 0.137. The molecular weight excluding hydrogens is 252 g/mol. The minimum absolute atomic E-state index is 0.465. The molecule has 0 radical (unpaired) electrons. The Balaban J connectivity index is 1.83. The van der Waals surface area contributed by atoms with Crippen LogP contribution in [0.5, 0.6) is 5.75 Å². The fraction of sp³-hybridized carbons (Fsp3) is 0.625. The van der Waals surface area contributed by atoms with Crippen molar-refractivity contribution in [2.45, 2.75) is 25.5 Å². The molecule has 20 heavy (non-hydrogen) atoms. The van der Waals surface area contributed by atoms with Gasteiger partial charge in [-0.25, -0.2) is 0 Å². The third-order valence-corrected chi connectivity index (χ3v) is 4.18. The van der Waals surface area contributed by atoms with Crippen molar-refractivity contribution in [2.75, 3.05) is 33.8 Å². The summed E-state index contributed by atoms with van der Waals surface area (Å²) in [6.45, 7) is 5.12. The quantitative estimate of drug-likeness (QED) is 0.860. The molecule has 0 aromatic heterocycles. The van der Waals surface area contributed by atoms with Crippen LogP contribution >= 0.6 is 0 Å². The van der Waals surface area contributed by atoms with Crippen molar-refractivity contribution in [2.24, 2.45) is 5.92 Å². The first-order valence-electron chi connectivity index (χ1n) is 7.34. The molecule has 4 heteroatoms. The van der Waals surface area contributed by atoms with E-state index in [9.17, 15) is 5.11 Å². The first-order valence-corrected chi connectivity index (χ1v) is 7.34. The van der Waals surface area contributed by atoms with Gasteiger partial charge in [-0.15, -0.1) is 0 Å². The largest absolute Gasteiger partial charge is 0.497 e. The van der Waals surface area contributed by atoms with E-state index in [0.717, 1.165) is 30.8 Å². The van der Waals surface area contributed by atoms with E-state index in [2.05, 4.69) is 24.2 Å². The normalized spacial score (nSPS) is 25.4. The fourth-order valence-corrected chi connectivity index (χ4v) is 2.86. The van der Waals surface area contributed by atoms with Gasteiger partial charge in [-0.3, -0.25) is 0 Å². The number of benzene rings is 1. The van der Waals surface area contributed by atoms with Crippen LogP contribution in [0.2, 0.25) is 0 Å². The summed E-state index contributed by atoms with van der Waals surface area (Å²) in [5.41, 5.74) is 0.930. The van der Waals surface area contributed by atoms with Crippen LogP contribution in [-0.4, -0.2) is 49.8 Å². The number of methoxy groups -OCH3 is 1. The Morgan fingerprint density at radius 1 is 1.40 bits per heavy atom. The summed E-state index contributed by atoms with van der Waals surface area (Å²) in [6.07, 6.45) is 0.681. The Hall–Kier alpha value is -1.10. The zero-order chi connectivity index (χ0) is 14.5. The van der Waals surface area contributed by atoms with E-state index in [-0.39, 0.29) is 0 Å². The summed E-state index contributed by atoms with van der Waals surface area (Å²) in [5, 5.41) is 13.8. The molecule has 112 valence electrons. The minimum Gasteiger partial charge on any atom is -0.497 e. The van der Waals surface area contributed by atoms with E-state index >= 15 is 0 Å². The molecule has 3 atom stereocenters. The molecule has 2 N–H and O–H groups in total. The average Bonchev–Trinajstić information content (AvgIpc) is 2.46. The Morgan fingerprint density at radius 2 is 2.10 bits per heavy atom. The van der Waals surface area contributed by atoms with Crippen molar-refractivity contribution in [3.8, 4) is 5.75 Å². The zero-order valence-electron chi connectivity index (χ0n) is 12.7. The second kappa shape index (κ2) is 7.07. The molecule has 0 spiro atoms. The number of nitrogens with zero attached hydrogens (tertiary/aromatic N) is 1. The standard InChI is InChI=1S/C16H26N2O2/c1-12-11-18(2)9-8-15(12)17-10-16(19)13-4-6-14(20-3)7-5-13/h4-7,12,15-17,19H,8-11H2,1-3H3. The minimum atomic E-state index is -0.465. The third-order valence-electron chi connectivity index (χ3n) is 4.18. The monoisotopic (exact) mass is 278 g/mol. The summed E-state index contributed by atoms with van der Waals surface area (Å²) in [7, 11) is 3.81. The predicted molar refractivity (Wildman–Crippen MR) is 81.0 cm³/mol. The van der Waals surface area contributed by atoms with Crippen LogP contribution in [0.1, 0.15) is 25.0 Å². The molecule has 2 rings (SSSR count). The third kappa shape index (κ3) is 3.95. The van der Waals surface area contributed by atoms with Crippen molar-refractivity contribution < 1.29 is 9.84 Å². The summed E-state index contributed by atoms with van der Waals surface area (Å²) in [4.78, 5) is 2.36. The highest BCUT2D eigenvalue weighted by molar-refractivity contribution is 5.28. The number of hydrogen-bond donors (Lipinski definition) is 2. The number of aliphatic hydroxyl groups is 1. The van der Waals surface area contributed by atoms with Gasteiger partial charge in [-0.2, -0.15) is 0 Å². The van der Waals surface area contributed by atoms with Gasteiger partial charge in [0, 0.05) is 19.1 Å². The van der Waals surface area contributed by atoms with Crippen molar-refractivity contribution in [3.63, 3.8) is 0 Å². The zero-order valence-corrected chi connectivity index (χ0v) is 12.7. The van der Waals surface area contributed by atoms with Crippen molar-refractivity contribution in [1.82, 2.24) is 10.2 Å². The lowest BCUT2D eigenvalue weighted by Gasteiger charge is -2.35. The van der Waals surface area contributed by atoms with Crippen LogP contribution in [0.3, 0.4) is 0 Å². The summed E-state index contributed by atoms with van der Waals surface area (Å²) in [5.74, 6) is 1.44. The fourth-order valence-electron chi connectivity index (χ4n) is 2.86. The number of likely N-dealkylation sites (tertiary alicyclic amines) is 1. The maximum atomic E-state index is 10.2. The van der Waals surface area contributed by atoms with E-state index < -0.39 is 6.10 Å². The van der Waals surface area contributed by atoms with Gasteiger partial charge in [0.25, 0.3) is 0 Å². The highest BCUT2D eigenvalue weighted by Crippen LogP contribution is 2.19. The second-order valence-electron chi connectivity index (χ2n) is 5.83. The number of ether oxygens (including phenoxy) is 1. The average molecular weight is 278 g/mol. The van der Waals surface area contributed by atoms with Crippen LogP contribution in [0.15, 0.2) is 24.3 Å². The highest BCUT2D eigenvalue weighted by Gasteiger charge is 2.24. The van der Waals surface area contributed by atoms with Gasteiger partial charge >= 0.3 is 0 Å². The number of hydrogen-bond acceptors (Lipinski definition) is 4. The van der Waals surface area contributed by atoms with Crippen LogP contribution in [0, 0.1) is 5.92 Å². The Kier molecular flexibility index (Phi) is 5.40. The summed E-state index contributed by atoms with van der Waals surface area (Å²) >= 11 is 0. The molecule has 1 aliphatic heterocycles. The van der Waals surface area contributed by atoms with Crippen LogP contribution < -0.4 is 10.1 Å². The molecule has 1 aromatic rings. The molecule has 0 amide bonds. The van der Waals surface area contributed by atoms with E-state index in [1.165, 1.54) is 0 Å². The number of rotatable bonds is 5. The van der Waals surface area contributed by atoms with Gasteiger partial charge in [0.2, 0.25) is 0 Å². The number of nitrogens with one attached hydrogen (secondary N) is 1. The van der Waals surface area contributed by atoms with E-state index in [4.69, 9.17) is 4.74 Å². The van der Waals surface area contributed by atoms with Crippen molar-refractivity contribution >= 4 is 0 Å². The molecule has 0 aliphatic carbocycles. The van der Waals surface area contributed by atoms with Gasteiger partial charge in [0.15, 0.2) is 0 Å². The Labute approximate surface area is 121 Å². The molecule has 1 aliphatic rings. The Morgan fingerprint density at radius 3 is 2.70 bits per heavy atom. The van der Waals surface area contributed by atoms with Crippen LogP contribution in [0.4, 0.5) is 0 Å². The lowest BCUT2D eigenvalue weighted by Crippen LogP contribution is -2.47. The first-order chi connectivity index (χ1) is 9.60. The van der Waals surface area contributed by atoms with Gasteiger partial charge < -0.3 is 20.1 Å². The maximum absolute atomic E-state index is 10.2. The number of aliphatic hydroxyl groups excluding tert-OH is 1. The summed E-state index contributed by atoms with van der Waals surface area (Å²) in [6, 6.07) is 8.11. The molecule has 0 bridgehead atoms. The molecule has 1 aromatic carbocycles. The SMILES string of the molecule is COc1ccc(C(O)CNC2CCN(C)CC2C)cc1. The van der Waals surface area contributed by atoms with E-state index in [1.807, 2.05) is 24.3 Å². The topological polar surface area (TPSA) is 44.7 Å². The molecule has 3 unspecified atom stereocenters. The molecule has 0 saturated carbocycles. The Bertz CT molecular complexity index is 407. The van der Waals surface area contributed by atoms with Crippen LogP contribution in [-0.2, 0) is 0 Å². The van der Waals surface area contributed by atoms with Gasteiger partial charge in [-0.1, -0.05) is 19.1 Å². The maximum Gasteiger partial charge on any atom is 0.118 e. The van der Waals surface area contributed by atoms with Crippen molar-refractivity contribution in [3.05, 3.63) is 29.8 Å². The number of piperidine rings is 1.